The van der Waals surface area contributed by atoms with Crippen molar-refractivity contribution >= 4 is 31.9 Å². The van der Waals surface area contributed by atoms with E-state index in [0.717, 1.165) is 38.5 Å². The molecule has 0 spiro atoms. The molecule has 1 aromatic rings. The van der Waals surface area contributed by atoms with Crippen molar-refractivity contribution in [3.8, 4) is 5.75 Å². The number of hydrogen-bond acceptors (Lipinski definition) is 4. The van der Waals surface area contributed by atoms with Crippen LogP contribution in [0.3, 0.4) is 0 Å². The number of ether oxygens (including phenoxy) is 1. The summed E-state index contributed by atoms with van der Waals surface area (Å²) >= 11 is 3.40. The molecule has 8 heteroatoms. The minimum Gasteiger partial charge on any atom is -0.497 e. The third kappa shape index (κ3) is 3.66. The van der Waals surface area contributed by atoms with E-state index in [1.165, 1.54) is 7.11 Å². The summed E-state index contributed by atoms with van der Waals surface area (Å²) in [5.74, 6) is 2.21. The largest absolute Gasteiger partial charge is 0.497 e. The molecule has 0 radical (unpaired) electrons. The molecule has 5 rings (SSSR count). The van der Waals surface area contributed by atoms with Crippen LogP contribution in [0.15, 0.2) is 39.7 Å². The highest BCUT2D eigenvalue weighted by Gasteiger charge is 2.60. The molecular weight excluding hydrogens is 516 g/mol. The van der Waals surface area contributed by atoms with Gasteiger partial charge in [0.25, 0.3) is 0 Å². The molecule has 7 atom stereocenters. The van der Waals surface area contributed by atoms with Crippen molar-refractivity contribution < 1.29 is 17.9 Å². The van der Waals surface area contributed by atoms with Gasteiger partial charge >= 0.3 is 0 Å². The molecule has 1 aliphatic heterocycles. The molecule has 3 fully saturated rings. The Morgan fingerprint density at radius 1 is 1.09 bits per heavy atom. The zero-order valence-corrected chi connectivity index (χ0v) is 22.8. The molecule has 4 aliphatic rings. The van der Waals surface area contributed by atoms with Gasteiger partial charge in [0.1, 0.15) is 5.75 Å². The van der Waals surface area contributed by atoms with Crippen molar-refractivity contribution in [2.24, 2.45) is 28.6 Å². The molecule has 0 saturated heterocycles. The van der Waals surface area contributed by atoms with Crippen molar-refractivity contribution in [1.82, 2.24) is 9.62 Å². The number of halogens is 1. The molecule has 186 valence electrons. The summed E-state index contributed by atoms with van der Waals surface area (Å²) in [6.45, 7) is 4.64. The van der Waals surface area contributed by atoms with Gasteiger partial charge < -0.3 is 9.64 Å². The molecule has 0 unspecified atom stereocenters. The van der Waals surface area contributed by atoms with Gasteiger partial charge in [0.15, 0.2) is 0 Å². The minimum absolute atomic E-state index is 0.00261. The normalized spacial score (nSPS) is 39.4. The maximum atomic E-state index is 13.4. The minimum atomic E-state index is -3.68. The van der Waals surface area contributed by atoms with E-state index in [-0.39, 0.29) is 33.7 Å². The highest BCUT2D eigenvalue weighted by molar-refractivity contribution is 9.10. The number of hydrogen-bond donors (Lipinski definition) is 1. The third-order valence-electron chi connectivity index (χ3n) is 9.82. The number of carbonyl (C=O) groups is 1. The first-order valence-electron chi connectivity index (χ1n) is 12.3. The van der Waals surface area contributed by atoms with Crippen LogP contribution in [0.4, 0.5) is 0 Å². The lowest BCUT2D eigenvalue weighted by atomic mass is 9.48. The summed E-state index contributed by atoms with van der Waals surface area (Å²) in [6, 6.07) is 5.15. The molecule has 3 saturated carbocycles. The van der Waals surface area contributed by atoms with Gasteiger partial charge in [-0.05, 0) is 79.9 Å². The summed E-state index contributed by atoms with van der Waals surface area (Å²) in [6.07, 6.45) is 10.1. The number of methoxy groups -OCH3 is 1. The fraction of sp³-hybridized carbons (Fsp3) is 0.654. The Balaban J connectivity index is 1.39. The molecule has 0 aromatic heterocycles. The second-order valence-corrected chi connectivity index (χ2v) is 13.9. The molecule has 3 aliphatic carbocycles. The van der Waals surface area contributed by atoms with Gasteiger partial charge in [-0.15, -0.1) is 0 Å². The average Bonchev–Trinajstić information content (AvgIpc) is 3.12. The highest BCUT2D eigenvalue weighted by atomic mass is 79.9. The van der Waals surface area contributed by atoms with Crippen LogP contribution in [0.1, 0.15) is 52.4 Å². The van der Waals surface area contributed by atoms with E-state index in [1.54, 1.807) is 24.3 Å². The zero-order valence-electron chi connectivity index (χ0n) is 20.4. The van der Waals surface area contributed by atoms with Gasteiger partial charge in [-0.25, -0.2) is 13.1 Å². The fourth-order valence-electron chi connectivity index (χ4n) is 8.00. The van der Waals surface area contributed by atoms with Crippen LogP contribution in [0.25, 0.3) is 0 Å². The van der Waals surface area contributed by atoms with Crippen molar-refractivity contribution in [1.29, 1.82) is 0 Å². The Kier molecular flexibility index (Phi) is 5.97. The molecule has 0 bridgehead atoms. The van der Waals surface area contributed by atoms with Crippen molar-refractivity contribution in [2.75, 3.05) is 14.2 Å². The molecule has 1 amide bonds. The summed E-state index contributed by atoms with van der Waals surface area (Å²) < 4.78 is 35.8. The standard InChI is InChI=1S/C26H35BrN2O4S/c1-25-11-9-21-19(5-8-23-26(21,2)12-10-24(30)29(23)3)20(25)6-7-22(25)28-34(31,32)18-14-16(27)13-17(15-18)33-4/h10,12-15,19-23,28H,5-9,11H2,1-4H3/t19-,20-,21-,22-,23+,25-,26+/m0/s1. The van der Waals surface area contributed by atoms with Crippen molar-refractivity contribution in [2.45, 2.75) is 69.4 Å². The third-order valence-corrected chi connectivity index (χ3v) is 11.7. The number of nitrogens with one attached hydrogen (secondary N) is 1. The molecule has 1 aromatic carbocycles. The van der Waals surface area contributed by atoms with E-state index in [4.69, 9.17) is 4.74 Å². The number of fused-ring (bicyclic) bond motifs is 5. The second-order valence-electron chi connectivity index (χ2n) is 11.2. The van der Waals surface area contributed by atoms with Gasteiger partial charge in [-0.2, -0.15) is 0 Å². The van der Waals surface area contributed by atoms with Crippen LogP contribution < -0.4 is 9.46 Å². The Morgan fingerprint density at radius 2 is 1.85 bits per heavy atom. The van der Waals surface area contributed by atoms with E-state index < -0.39 is 10.0 Å². The van der Waals surface area contributed by atoms with Crippen LogP contribution >= 0.6 is 15.9 Å². The molecule has 1 heterocycles. The summed E-state index contributed by atoms with van der Waals surface area (Å²) in [7, 11) is -0.194. The summed E-state index contributed by atoms with van der Waals surface area (Å²) in [5.41, 5.74) is -0.0645. The highest BCUT2D eigenvalue weighted by Crippen LogP contribution is 2.64. The maximum absolute atomic E-state index is 13.4. The van der Waals surface area contributed by atoms with Gasteiger partial charge in [0.2, 0.25) is 15.9 Å². The summed E-state index contributed by atoms with van der Waals surface area (Å²) in [4.78, 5) is 14.5. The predicted molar refractivity (Wildman–Crippen MR) is 135 cm³/mol. The SMILES string of the molecule is COc1cc(Br)cc(S(=O)(=O)N[C@H]2CC[C@H]3[C@@H]4CC[C@H]5N(C)C(=O)C=C[C@]5(C)[C@H]4CC[C@]23C)c1. The first-order chi connectivity index (χ1) is 16.0. The Morgan fingerprint density at radius 3 is 2.59 bits per heavy atom. The number of rotatable bonds is 4. The van der Waals surface area contributed by atoms with Crippen LogP contribution in [-0.2, 0) is 14.8 Å². The van der Waals surface area contributed by atoms with Gasteiger partial charge in [0, 0.05) is 35.1 Å². The summed E-state index contributed by atoms with van der Waals surface area (Å²) in [5, 5.41) is 0. The number of benzene rings is 1. The molecule has 34 heavy (non-hydrogen) atoms. The lowest BCUT2D eigenvalue weighted by Crippen LogP contribution is -2.60. The van der Waals surface area contributed by atoms with Gasteiger partial charge in [-0.3, -0.25) is 4.79 Å². The quantitative estimate of drug-likeness (QED) is 0.587. The van der Waals surface area contributed by atoms with E-state index in [0.29, 0.717) is 28.0 Å². The monoisotopic (exact) mass is 550 g/mol. The molecular formula is C26H35BrN2O4S. The van der Waals surface area contributed by atoms with Crippen LogP contribution in [-0.4, -0.2) is 45.5 Å². The Hall–Kier alpha value is -1.38. The molecule has 1 N–H and O–H groups in total. The van der Waals surface area contributed by atoms with Crippen LogP contribution in [0, 0.1) is 28.6 Å². The van der Waals surface area contributed by atoms with E-state index in [9.17, 15) is 13.2 Å². The topological polar surface area (TPSA) is 75.7 Å². The Bertz CT molecular complexity index is 1140. The first-order valence-corrected chi connectivity index (χ1v) is 14.6. The number of sulfonamides is 1. The van der Waals surface area contributed by atoms with E-state index in [1.807, 2.05) is 11.9 Å². The average molecular weight is 552 g/mol. The van der Waals surface area contributed by atoms with Gasteiger partial charge in [0.05, 0.1) is 12.0 Å². The second kappa shape index (κ2) is 8.34. The lowest BCUT2D eigenvalue weighted by Gasteiger charge is -2.60. The maximum Gasteiger partial charge on any atom is 0.246 e. The molecule has 6 nitrogen and oxygen atoms in total. The zero-order chi connectivity index (χ0) is 24.5. The fourth-order valence-corrected chi connectivity index (χ4v) is 10.1. The van der Waals surface area contributed by atoms with E-state index >= 15 is 0 Å². The lowest BCUT2D eigenvalue weighted by molar-refractivity contribution is -0.138. The number of carbonyl (C=O) groups excluding carboxylic acids is 1. The van der Waals surface area contributed by atoms with Crippen molar-refractivity contribution in [3.05, 3.63) is 34.8 Å². The smallest absolute Gasteiger partial charge is 0.246 e. The van der Waals surface area contributed by atoms with Crippen LogP contribution in [0.5, 0.6) is 5.75 Å². The van der Waals surface area contributed by atoms with Crippen LogP contribution in [0.2, 0.25) is 0 Å². The number of likely N-dealkylation sites (N-methyl/N-ethyl adjacent to an activating group) is 1. The predicted octanol–water partition coefficient (Wildman–Crippen LogP) is 4.74. The number of amides is 1. The van der Waals surface area contributed by atoms with E-state index in [2.05, 4.69) is 40.6 Å². The number of nitrogens with zero attached hydrogens (tertiary/aromatic N) is 1. The van der Waals surface area contributed by atoms with Crippen molar-refractivity contribution in [3.63, 3.8) is 0 Å². The first kappa shape index (κ1) is 24.3. The Labute approximate surface area is 211 Å². The van der Waals surface area contributed by atoms with Gasteiger partial charge in [-0.1, -0.05) is 35.9 Å².